The second kappa shape index (κ2) is 40.0. The number of hydrogen-bond acceptors (Lipinski definition) is 12. The molecule has 0 bridgehead atoms. The van der Waals surface area contributed by atoms with Gasteiger partial charge in [-0.15, -0.1) is 0 Å². The minimum Gasteiger partial charge on any atom is -0.491 e. The Morgan fingerprint density at radius 1 is 0.309 bits per heavy atom. The summed E-state index contributed by atoms with van der Waals surface area (Å²) in [4.78, 5) is 0. The van der Waals surface area contributed by atoms with Gasteiger partial charge >= 0.3 is 0 Å². The van der Waals surface area contributed by atoms with E-state index >= 15 is 0 Å². The number of ether oxygens (including phenoxy) is 12. The van der Waals surface area contributed by atoms with E-state index < -0.39 is 0 Å². The topological polar surface area (TPSA) is 111 Å². The Bertz CT molecular complexity index is 1030. The normalized spacial score (nSPS) is 11.4. The van der Waals surface area contributed by atoms with E-state index in [1.165, 1.54) is 44.1 Å². The van der Waals surface area contributed by atoms with Crippen molar-refractivity contribution < 1.29 is 56.8 Å². The van der Waals surface area contributed by atoms with E-state index in [0.717, 1.165) is 17.7 Å². The van der Waals surface area contributed by atoms with Crippen molar-refractivity contribution in [3.8, 4) is 5.75 Å². The molecule has 0 aliphatic rings. The van der Waals surface area contributed by atoms with Crippen LogP contribution in [0.15, 0.2) is 54.6 Å². The van der Waals surface area contributed by atoms with Gasteiger partial charge in [-0.3, -0.25) is 0 Å². The third kappa shape index (κ3) is 33.6. The predicted molar refractivity (Wildman–Crippen MR) is 213 cm³/mol. The molecule has 55 heavy (non-hydrogen) atoms. The molecule has 316 valence electrons. The van der Waals surface area contributed by atoms with Crippen molar-refractivity contribution >= 4 is 0 Å². The van der Waals surface area contributed by atoms with Crippen LogP contribution in [0.2, 0.25) is 0 Å². The standard InChI is InChI=1S/C43H72O12/c1-2-3-4-5-6-8-11-41-14-16-43(17-15-41)55-39-38-53-35-34-51-31-30-49-27-26-47-23-22-45-19-18-44-20-21-46-24-25-48-28-29-50-32-33-52-36-37-54-40-42-12-9-7-10-13-42/h7,9-10,12-17H,2-6,8,11,18-40H2,1H3. The maximum atomic E-state index is 5.78. The van der Waals surface area contributed by atoms with Crippen LogP contribution < -0.4 is 4.74 Å². The van der Waals surface area contributed by atoms with Crippen LogP contribution in [0.25, 0.3) is 0 Å². The van der Waals surface area contributed by atoms with Crippen LogP contribution in [0.5, 0.6) is 5.75 Å². The highest BCUT2D eigenvalue weighted by molar-refractivity contribution is 5.27. The lowest BCUT2D eigenvalue weighted by Gasteiger charge is -2.09. The summed E-state index contributed by atoms with van der Waals surface area (Å²) in [6.45, 7) is 14.4. The third-order valence-corrected chi connectivity index (χ3v) is 8.07. The monoisotopic (exact) mass is 781 g/mol. The number of benzene rings is 2. The molecule has 12 nitrogen and oxygen atoms in total. The predicted octanol–water partition coefficient (Wildman–Crippen LogP) is 6.35. The summed E-state index contributed by atoms with van der Waals surface area (Å²) in [5.74, 6) is 0.885. The van der Waals surface area contributed by atoms with Crippen molar-refractivity contribution in [2.45, 2.75) is 58.5 Å². The van der Waals surface area contributed by atoms with Crippen LogP contribution in [0.1, 0.15) is 56.6 Å². The smallest absolute Gasteiger partial charge is 0.119 e. The van der Waals surface area contributed by atoms with Gasteiger partial charge < -0.3 is 56.8 Å². The first-order valence-electron chi connectivity index (χ1n) is 20.5. The first-order valence-corrected chi connectivity index (χ1v) is 20.5. The van der Waals surface area contributed by atoms with Crippen molar-refractivity contribution in [3.63, 3.8) is 0 Å². The van der Waals surface area contributed by atoms with Crippen molar-refractivity contribution in [3.05, 3.63) is 65.7 Å². The lowest BCUT2D eigenvalue weighted by atomic mass is 10.0. The van der Waals surface area contributed by atoms with Gasteiger partial charge in [-0.2, -0.15) is 0 Å². The van der Waals surface area contributed by atoms with Gasteiger partial charge in [0.2, 0.25) is 0 Å². The first kappa shape index (κ1) is 48.9. The highest BCUT2D eigenvalue weighted by atomic mass is 16.6. The second-order valence-corrected chi connectivity index (χ2v) is 12.7. The maximum Gasteiger partial charge on any atom is 0.119 e. The maximum absolute atomic E-state index is 5.78. The average molecular weight is 781 g/mol. The largest absolute Gasteiger partial charge is 0.491 e. The van der Waals surface area contributed by atoms with Gasteiger partial charge in [0, 0.05) is 0 Å². The summed E-state index contributed by atoms with van der Waals surface area (Å²) in [5, 5.41) is 0. The molecular formula is C43H72O12. The Kier molecular flexibility index (Phi) is 35.6. The Hall–Kier alpha value is -2.20. The van der Waals surface area contributed by atoms with E-state index in [2.05, 4.69) is 31.2 Å². The van der Waals surface area contributed by atoms with Gasteiger partial charge in [-0.05, 0) is 36.1 Å². The average Bonchev–Trinajstić information content (AvgIpc) is 3.21. The highest BCUT2D eigenvalue weighted by Crippen LogP contribution is 2.15. The molecule has 0 fully saturated rings. The van der Waals surface area contributed by atoms with E-state index in [-0.39, 0.29) is 0 Å². The zero-order valence-corrected chi connectivity index (χ0v) is 33.8. The summed E-state index contributed by atoms with van der Waals surface area (Å²) in [6.07, 6.45) is 9.09. The van der Waals surface area contributed by atoms with Crippen LogP contribution >= 0.6 is 0 Å². The lowest BCUT2D eigenvalue weighted by Crippen LogP contribution is -2.15. The molecule has 2 aromatic carbocycles. The van der Waals surface area contributed by atoms with Crippen molar-refractivity contribution in [2.75, 3.05) is 145 Å². The van der Waals surface area contributed by atoms with Crippen LogP contribution in [-0.2, 0) is 65.1 Å². The minimum atomic E-state index is 0.511. The quantitative estimate of drug-likeness (QED) is 0.0700. The van der Waals surface area contributed by atoms with Crippen molar-refractivity contribution in [1.82, 2.24) is 0 Å². The molecule has 0 radical (unpaired) electrons. The third-order valence-electron chi connectivity index (χ3n) is 8.07. The molecule has 0 heterocycles. The van der Waals surface area contributed by atoms with Crippen LogP contribution in [0, 0.1) is 0 Å². The summed E-state index contributed by atoms with van der Waals surface area (Å²) < 4.78 is 66.6. The lowest BCUT2D eigenvalue weighted by molar-refractivity contribution is -0.0279. The van der Waals surface area contributed by atoms with Gasteiger partial charge in [-0.25, -0.2) is 0 Å². The summed E-state index contributed by atoms with van der Waals surface area (Å²) >= 11 is 0. The molecule has 12 heteroatoms. The molecule has 2 aromatic rings. The highest BCUT2D eigenvalue weighted by Gasteiger charge is 2.00. The van der Waals surface area contributed by atoms with Crippen molar-refractivity contribution in [2.24, 2.45) is 0 Å². The van der Waals surface area contributed by atoms with Crippen LogP contribution in [-0.4, -0.2) is 145 Å². The Balaban J connectivity index is 1.16. The number of hydrogen-bond donors (Lipinski definition) is 0. The fraction of sp³-hybridized carbons (Fsp3) is 0.721. The van der Waals surface area contributed by atoms with Gasteiger partial charge in [-0.1, -0.05) is 81.5 Å². The van der Waals surface area contributed by atoms with Crippen LogP contribution in [0.3, 0.4) is 0 Å². The number of rotatable bonds is 43. The summed E-state index contributed by atoms with van der Waals surface area (Å²) in [6, 6.07) is 18.5. The molecular weight excluding hydrogens is 708 g/mol. The van der Waals surface area contributed by atoms with E-state index in [9.17, 15) is 0 Å². The van der Waals surface area contributed by atoms with E-state index in [4.69, 9.17) is 56.8 Å². The Labute approximate surface area is 331 Å². The fourth-order valence-electron chi connectivity index (χ4n) is 5.04. The molecule has 2 rings (SSSR count). The Morgan fingerprint density at radius 2 is 0.655 bits per heavy atom. The van der Waals surface area contributed by atoms with Gasteiger partial charge in [0.15, 0.2) is 0 Å². The SMILES string of the molecule is CCCCCCCCc1ccc(OCCOCCOCCOCCOCCOCCOCCOCCOCCOCCOCCOCc2ccccc2)cc1. The molecule has 0 saturated carbocycles. The Morgan fingerprint density at radius 3 is 1.05 bits per heavy atom. The first-order chi connectivity index (χ1) is 27.4. The second-order valence-electron chi connectivity index (χ2n) is 12.7. The molecule has 0 amide bonds. The summed E-state index contributed by atoms with van der Waals surface area (Å²) in [7, 11) is 0. The zero-order chi connectivity index (χ0) is 38.8. The van der Waals surface area contributed by atoms with Gasteiger partial charge in [0.1, 0.15) is 12.4 Å². The van der Waals surface area contributed by atoms with Crippen molar-refractivity contribution in [1.29, 1.82) is 0 Å². The van der Waals surface area contributed by atoms with E-state index in [1.807, 2.05) is 30.3 Å². The molecule has 0 spiro atoms. The molecule has 0 aliphatic heterocycles. The summed E-state index contributed by atoms with van der Waals surface area (Å²) in [5.41, 5.74) is 2.54. The van der Waals surface area contributed by atoms with Crippen LogP contribution in [0.4, 0.5) is 0 Å². The number of aryl methyl sites for hydroxylation is 1. The molecule has 0 unspecified atom stereocenters. The van der Waals surface area contributed by atoms with Gasteiger partial charge in [0.05, 0.1) is 145 Å². The molecule has 0 saturated heterocycles. The molecule has 0 atom stereocenters. The fourth-order valence-corrected chi connectivity index (χ4v) is 5.04. The van der Waals surface area contributed by atoms with Gasteiger partial charge in [0.25, 0.3) is 0 Å². The molecule has 0 N–H and O–H groups in total. The van der Waals surface area contributed by atoms with E-state index in [0.29, 0.717) is 152 Å². The minimum absolute atomic E-state index is 0.511. The molecule has 0 aliphatic carbocycles. The molecule has 0 aromatic heterocycles. The van der Waals surface area contributed by atoms with E-state index in [1.54, 1.807) is 0 Å². The zero-order valence-electron chi connectivity index (χ0n) is 33.8. The number of unbranched alkanes of at least 4 members (excludes halogenated alkanes) is 5.